The lowest BCUT2D eigenvalue weighted by Gasteiger charge is -2.27. The molecule has 0 aromatic heterocycles. The first kappa shape index (κ1) is 32.9. The van der Waals surface area contributed by atoms with E-state index in [1.54, 1.807) is 0 Å². The lowest BCUT2D eigenvalue weighted by molar-refractivity contribution is -0.0000100. The Morgan fingerprint density at radius 3 is 1.27 bits per heavy atom. The fourth-order valence-electron chi connectivity index (χ4n) is 6.08. The minimum absolute atomic E-state index is 0. The van der Waals surface area contributed by atoms with Crippen molar-refractivity contribution < 1.29 is 27.2 Å². The molecule has 0 amide bonds. The molecule has 0 atom stereocenters. The molecule has 0 unspecified atom stereocenters. The molecule has 4 aromatic rings. The van der Waals surface area contributed by atoms with Gasteiger partial charge in [-0.3, -0.25) is 0 Å². The second-order valence-corrected chi connectivity index (χ2v) is 14.8. The molecule has 41 heavy (non-hydrogen) atoms. The third-order valence-corrected chi connectivity index (χ3v) is 13.2. The van der Waals surface area contributed by atoms with Crippen LogP contribution in [0.15, 0.2) is 91.0 Å². The van der Waals surface area contributed by atoms with Gasteiger partial charge >= 0.3 is 0 Å². The lowest BCUT2D eigenvalue weighted by Crippen LogP contribution is -3.00. The third-order valence-electron chi connectivity index (χ3n) is 8.63. The van der Waals surface area contributed by atoms with Gasteiger partial charge in [-0.1, -0.05) is 86.7 Å². The summed E-state index contributed by atoms with van der Waals surface area (Å²) < 4.78 is 0. The zero-order valence-corrected chi connectivity index (χ0v) is 27.4. The highest BCUT2D eigenvalue weighted by Crippen LogP contribution is 2.56. The largest absolute Gasteiger partial charge is 1.00 e. The highest BCUT2D eigenvalue weighted by atomic mass is 79.9. The second kappa shape index (κ2) is 16.1. The van der Waals surface area contributed by atoms with Crippen molar-refractivity contribution in [3.05, 3.63) is 113 Å². The molecular formula is C37H46BrO2P. The summed E-state index contributed by atoms with van der Waals surface area (Å²) in [7, 11) is -1.71. The maximum Gasteiger partial charge on any atom is 0.122 e. The summed E-state index contributed by atoms with van der Waals surface area (Å²) in [5.41, 5.74) is 3.34. The second-order valence-electron chi connectivity index (χ2n) is 11.2. The Morgan fingerprint density at radius 2 is 0.829 bits per heavy atom. The highest BCUT2D eigenvalue weighted by Gasteiger charge is 2.44. The van der Waals surface area contributed by atoms with Gasteiger partial charge in [0.15, 0.2) is 0 Å². The van der Waals surface area contributed by atoms with Crippen LogP contribution >= 0.6 is 7.26 Å². The van der Waals surface area contributed by atoms with Gasteiger partial charge in [0.25, 0.3) is 0 Å². The Labute approximate surface area is 259 Å². The van der Waals surface area contributed by atoms with Crippen molar-refractivity contribution in [2.75, 3.05) is 6.16 Å². The summed E-state index contributed by atoms with van der Waals surface area (Å²) in [4.78, 5) is 0. The monoisotopic (exact) mass is 632 g/mol. The first-order valence-electron chi connectivity index (χ1n) is 15.0. The molecule has 0 heterocycles. The SMILES string of the molecule is Cc1c(C)c(O)c(CCCCCCCCCC[P+](c2ccccc2)(c2ccccc2)c2ccccc2)c(C)c1O.[Br-]. The fourth-order valence-corrected chi connectivity index (χ4v) is 10.5. The molecule has 4 aromatic carbocycles. The molecule has 0 bridgehead atoms. The van der Waals surface area contributed by atoms with Gasteiger partial charge in [0.1, 0.15) is 34.7 Å². The molecule has 0 aliphatic carbocycles. The van der Waals surface area contributed by atoms with Crippen molar-refractivity contribution in [3.8, 4) is 11.5 Å². The minimum Gasteiger partial charge on any atom is -1.00 e. The average Bonchev–Trinajstić information content (AvgIpc) is 3.01. The number of phenolic OH excluding ortho intramolecular Hbond substituents is 2. The predicted molar refractivity (Wildman–Crippen MR) is 175 cm³/mol. The van der Waals surface area contributed by atoms with E-state index in [4.69, 9.17) is 0 Å². The van der Waals surface area contributed by atoms with Crippen LogP contribution in [0, 0.1) is 20.8 Å². The molecule has 0 fully saturated rings. The fraction of sp³-hybridized carbons (Fsp3) is 0.351. The number of unbranched alkanes of at least 4 members (excludes halogenated alkanes) is 7. The molecule has 4 rings (SSSR count). The Bertz CT molecular complexity index is 1210. The van der Waals surface area contributed by atoms with Crippen molar-refractivity contribution in [2.45, 2.75) is 78.6 Å². The summed E-state index contributed by atoms with van der Waals surface area (Å²) >= 11 is 0. The molecule has 218 valence electrons. The zero-order valence-electron chi connectivity index (χ0n) is 25.0. The van der Waals surface area contributed by atoms with E-state index in [-0.39, 0.29) is 17.0 Å². The highest BCUT2D eigenvalue weighted by molar-refractivity contribution is 7.95. The van der Waals surface area contributed by atoms with E-state index in [0.717, 1.165) is 41.5 Å². The zero-order chi connectivity index (χ0) is 28.4. The molecule has 0 saturated carbocycles. The van der Waals surface area contributed by atoms with Crippen LogP contribution in [0.1, 0.15) is 73.6 Å². The maximum absolute atomic E-state index is 10.6. The van der Waals surface area contributed by atoms with Gasteiger partial charge in [0.05, 0.1) is 6.16 Å². The molecule has 2 N–H and O–H groups in total. The van der Waals surface area contributed by atoms with E-state index < -0.39 is 7.26 Å². The van der Waals surface area contributed by atoms with Crippen LogP contribution in [0.5, 0.6) is 11.5 Å². The molecule has 0 spiro atoms. The van der Waals surface area contributed by atoms with Crippen molar-refractivity contribution in [2.24, 2.45) is 0 Å². The van der Waals surface area contributed by atoms with E-state index in [2.05, 4.69) is 91.0 Å². The Kier molecular flexibility index (Phi) is 12.9. The van der Waals surface area contributed by atoms with Crippen LogP contribution in [0.3, 0.4) is 0 Å². The van der Waals surface area contributed by atoms with E-state index in [1.807, 2.05) is 20.8 Å². The number of hydrogen-bond acceptors (Lipinski definition) is 2. The number of halogens is 1. The van der Waals surface area contributed by atoms with Crippen LogP contribution in [0.4, 0.5) is 0 Å². The van der Waals surface area contributed by atoms with Gasteiger partial charge in [0, 0.05) is 5.56 Å². The van der Waals surface area contributed by atoms with Gasteiger partial charge in [-0.2, -0.15) is 0 Å². The van der Waals surface area contributed by atoms with Crippen LogP contribution < -0.4 is 32.9 Å². The standard InChI is InChI=1S/C37H45O2P.BrH/c1-29-30(2)37(39)35(31(3)36(29)38)27-19-8-6-4-5-7-9-20-28-40(32-21-13-10-14-22-32,33-23-15-11-16-24-33)34-25-17-12-18-26-34;/h10-18,21-26H,4-9,19-20,27-28H2,1-3H3,(H-,38,39);1H. The Balaban J connectivity index is 0.00000462. The van der Waals surface area contributed by atoms with E-state index in [0.29, 0.717) is 11.5 Å². The van der Waals surface area contributed by atoms with Crippen molar-refractivity contribution in [1.29, 1.82) is 0 Å². The Hall–Kier alpha value is -2.61. The third kappa shape index (κ3) is 7.82. The van der Waals surface area contributed by atoms with Crippen LogP contribution in [-0.4, -0.2) is 16.4 Å². The molecule has 0 aliphatic rings. The lowest BCUT2D eigenvalue weighted by atomic mass is 9.94. The summed E-state index contributed by atoms with van der Waals surface area (Å²) in [6, 6.07) is 33.6. The van der Waals surface area contributed by atoms with Gasteiger partial charge in [0.2, 0.25) is 0 Å². The smallest absolute Gasteiger partial charge is 0.122 e. The van der Waals surface area contributed by atoms with E-state index >= 15 is 0 Å². The quantitative estimate of drug-likeness (QED) is 0.107. The van der Waals surface area contributed by atoms with E-state index in [9.17, 15) is 10.2 Å². The maximum atomic E-state index is 10.6. The molecule has 2 nitrogen and oxygen atoms in total. The van der Waals surface area contributed by atoms with Crippen molar-refractivity contribution >= 4 is 23.2 Å². The van der Waals surface area contributed by atoms with Crippen molar-refractivity contribution in [1.82, 2.24) is 0 Å². The van der Waals surface area contributed by atoms with Crippen LogP contribution in [-0.2, 0) is 6.42 Å². The van der Waals surface area contributed by atoms with Gasteiger partial charge < -0.3 is 27.2 Å². The van der Waals surface area contributed by atoms with Crippen molar-refractivity contribution in [3.63, 3.8) is 0 Å². The summed E-state index contributed by atoms with van der Waals surface area (Å²) in [5.74, 6) is 0.705. The number of hydrogen-bond donors (Lipinski definition) is 2. The summed E-state index contributed by atoms with van der Waals surface area (Å²) in [6.07, 6.45) is 11.8. The number of phenols is 2. The predicted octanol–water partition coefficient (Wildman–Crippen LogP) is 5.68. The molecular weight excluding hydrogens is 587 g/mol. The molecule has 0 radical (unpaired) electrons. The Morgan fingerprint density at radius 1 is 0.463 bits per heavy atom. The normalized spacial score (nSPS) is 11.3. The topological polar surface area (TPSA) is 40.5 Å². The molecule has 0 saturated heterocycles. The van der Waals surface area contributed by atoms with Gasteiger partial charge in [-0.05, 0) is 99.5 Å². The van der Waals surface area contributed by atoms with Crippen LogP contribution in [0.25, 0.3) is 0 Å². The van der Waals surface area contributed by atoms with Gasteiger partial charge in [-0.25, -0.2) is 0 Å². The average molecular weight is 634 g/mol. The number of benzene rings is 4. The first-order chi connectivity index (χ1) is 19.5. The number of aromatic hydroxyl groups is 2. The molecule has 4 heteroatoms. The molecule has 0 aliphatic heterocycles. The first-order valence-corrected chi connectivity index (χ1v) is 17.0. The van der Waals surface area contributed by atoms with Gasteiger partial charge in [-0.15, -0.1) is 0 Å². The summed E-state index contributed by atoms with van der Waals surface area (Å²) in [5, 5.41) is 25.4. The minimum atomic E-state index is -1.71. The number of rotatable bonds is 14. The summed E-state index contributed by atoms with van der Waals surface area (Å²) in [6.45, 7) is 5.67. The van der Waals surface area contributed by atoms with E-state index in [1.165, 1.54) is 60.6 Å². The van der Waals surface area contributed by atoms with Crippen LogP contribution in [0.2, 0.25) is 0 Å².